The minimum atomic E-state index is -0.138. The van der Waals surface area contributed by atoms with Gasteiger partial charge in [-0.1, -0.05) is 53.5 Å². The highest BCUT2D eigenvalue weighted by Crippen LogP contribution is 2.32. The van der Waals surface area contributed by atoms with Crippen LogP contribution < -0.4 is 5.73 Å². The van der Waals surface area contributed by atoms with Gasteiger partial charge in [-0.15, -0.1) is 0 Å². The van der Waals surface area contributed by atoms with Crippen LogP contribution in [0.5, 0.6) is 0 Å². The van der Waals surface area contributed by atoms with Crippen LogP contribution in [0.1, 0.15) is 5.69 Å². The van der Waals surface area contributed by atoms with Crippen LogP contribution in [-0.2, 0) is 0 Å². The summed E-state index contributed by atoms with van der Waals surface area (Å²) in [6.07, 6.45) is 0. The van der Waals surface area contributed by atoms with Crippen molar-refractivity contribution in [2.24, 2.45) is 5.73 Å². The average molecular weight is 266 g/mol. The Morgan fingerprint density at radius 2 is 1.82 bits per heavy atom. The number of aromatic nitrogens is 1. The van der Waals surface area contributed by atoms with Crippen molar-refractivity contribution in [2.75, 3.05) is 0 Å². The predicted octanol–water partition coefficient (Wildman–Crippen LogP) is 3.34. The zero-order valence-electron chi connectivity index (χ0n) is 8.74. The molecule has 0 spiro atoms. The Hall–Kier alpha value is -1.58. The Balaban J connectivity index is 2.65. The number of pyridine rings is 1. The van der Waals surface area contributed by atoms with E-state index in [-0.39, 0.29) is 5.84 Å². The van der Waals surface area contributed by atoms with Gasteiger partial charge < -0.3 is 5.73 Å². The van der Waals surface area contributed by atoms with Crippen LogP contribution >= 0.6 is 23.2 Å². The van der Waals surface area contributed by atoms with Crippen LogP contribution in [-0.4, -0.2) is 10.8 Å². The molecule has 1 aromatic heterocycles. The molecular weight excluding hydrogens is 257 g/mol. The second kappa shape index (κ2) is 4.73. The van der Waals surface area contributed by atoms with Gasteiger partial charge in [0, 0.05) is 5.56 Å². The van der Waals surface area contributed by atoms with E-state index < -0.39 is 0 Å². The molecule has 0 aliphatic carbocycles. The van der Waals surface area contributed by atoms with Gasteiger partial charge in [0.05, 0.1) is 15.7 Å². The second-order valence-corrected chi connectivity index (χ2v) is 4.22. The number of nitrogens with zero attached hydrogens (tertiary/aromatic N) is 1. The zero-order chi connectivity index (χ0) is 12.4. The molecule has 0 atom stereocenters. The molecule has 3 N–H and O–H groups in total. The van der Waals surface area contributed by atoms with Crippen LogP contribution in [0.3, 0.4) is 0 Å². The van der Waals surface area contributed by atoms with E-state index in [4.69, 9.17) is 34.3 Å². The summed E-state index contributed by atoms with van der Waals surface area (Å²) >= 11 is 12.1. The third-order valence-corrected chi connectivity index (χ3v) is 3.01. The number of benzene rings is 1. The van der Waals surface area contributed by atoms with Gasteiger partial charge >= 0.3 is 0 Å². The SMILES string of the molecule is N=C(N)c1cc(Cl)c(Cl)c(-c2ccccc2)n1. The van der Waals surface area contributed by atoms with Gasteiger partial charge in [0.1, 0.15) is 11.5 Å². The quantitative estimate of drug-likeness (QED) is 0.646. The van der Waals surface area contributed by atoms with Crippen LogP contribution in [0, 0.1) is 5.41 Å². The highest BCUT2D eigenvalue weighted by atomic mass is 35.5. The summed E-state index contributed by atoms with van der Waals surface area (Å²) in [5.74, 6) is -0.138. The fraction of sp³-hybridized carbons (Fsp3) is 0. The first-order valence-electron chi connectivity index (χ1n) is 4.85. The average Bonchev–Trinajstić information content (AvgIpc) is 2.33. The van der Waals surface area contributed by atoms with Gasteiger partial charge in [0.2, 0.25) is 0 Å². The molecule has 17 heavy (non-hydrogen) atoms. The zero-order valence-corrected chi connectivity index (χ0v) is 10.3. The van der Waals surface area contributed by atoms with Crippen LogP contribution in [0.4, 0.5) is 0 Å². The third kappa shape index (κ3) is 2.40. The van der Waals surface area contributed by atoms with Crippen molar-refractivity contribution in [1.29, 1.82) is 5.41 Å². The maximum atomic E-state index is 7.38. The lowest BCUT2D eigenvalue weighted by molar-refractivity contribution is 1.26. The van der Waals surface area contributed by atoms with E-state index in [9.17, 15) is 0 Å². The molecule has 0 aliphatic rings. The standard InChI is InChI=1S/C12H9Cl2N3/c13-8-6-9(12(15)16)17-11(10(8)14)7-4-2-1-3-5-7/h1-6H,(H3,15,16). The van der Waals surface area contributed by atoms with Crippen molar-refractivity contribution >= 4 is 29.0 Å². The molecule has 3 nitrogen and oxygen atoms in total. The lowest BCUT2D eigenvalue weighted by Gasteiger charge is -2.08. The molecule has 86 valence electrons. The number of rotatable bonds is 2. The van der Waals surface area contributed by atoms with Gasteiger partial charge in [0.15, 0.2) is 0 Å². The molecule has 5 heteroatoms. The third-order valence-electron chi connectivity index (χ3n) is 2.24. The minimum absolute atomic E-state index is 0.138. The highest BCUT2D eigenvalue weighted by molar-refractivity contribution is 6.43. The highest BCUT2D eigenvalue weighted by Gasteiger charge is 2.12. The topological polar surface area (TPSA) is 62.8 Å². The molecule has 0 unspecified atom stereocenters. The Bertz CT molecular complexity index is 567. The Labute approximate surface area is 109 Å². The lowest BCUT2D eigenvalue weighted by Crippen LogP contribution is -2.13. The van der Waals surface area contributed by atoms with Crippen molar-refractivity contribution in [3.63, 3.8) is 0 Å². The molecule has 0 amide bonds. The Kier molecular flexibility index (Phi) is 3.31. The molecule has 0 aliphatic heterocycles. The molecule has 0 radical (unpaired) electrons. The van der Waals surface area contributed by atoms with Crippen LogP contribution in [0.25, 0.3) is 11.3 Å². The fourth-order valence-corrected chi connectivity index (χ4v) is 1.82. The second-order valence-electron chi connectivity index (χ2n) is 3.43. The number of nitrogen functional groups attached to an aromatic ring is 1. The van der Waals surface area contributed by atoms with E-state index >= 15 is 0 Å². The fourth-order valence-electron chi connectivity index (χ4n) is 1.42. The summed E-state index contributed by atoms with van der Waals surface area (Å²) in [7, 11) is 0. The number of halogens is 2. The van der Waals surface area contributed by atoms with Crippen LogP contribution in [0.15, 0.2) is 36.4 Å². The van der Waals surface area contributed by atoms with Crippen molar-refractivity contribution < 1.29 is 0 Å². The molecule has 0 bridgehead atoms. The van der Waals surface area contributed by atoms with Crippen LogP contribution in [0.2, 0.25) is 10.0 Å². The molecular formula is C12H9Cl2N3. The van der Waals surface area contributed by atoms with E-state index in [0.29, 0.717) is 21.4 Å². The molecule has 0 saturated carbocycles. The number of nitrogens with two attached hydrogens (primary N) is 1. The molecule has 1 aromatic carbocycles. The van der Waals surface area contributed by atoms with E-state index in [1.54, 1.807) is 0 Å². The van der Waals surface area contributed by atoms with Crippen molar-refractivity contribution in [3.8, 4) is 11.3 Å². The summed E-state index contributed by atoms with van der Waals surface area (Å²) in [4.78, 5) is 4.24. The summed E-state index contributed by atoms with van der Waals surface area (Å²) in [6.45, 7) is 0. The van der Waals surface area contributed by atoms with E-state index in [0.717, 1.165) is 5.56 Å². The van der Waals surface area contributed by atoms with Gasteiger partial charge in [0.25, 0.3) is 0 Å². The van der Waals surface area contributed by atoms with E-state index in [2.05, 4.69) is 4.98 Å². The maximum absolute atomic E-state index is 7.38. The smallest absolute Gasteiger partial charge is 0.141 e. The first kappa shape index (κ1) is 11.9. The van der Waals surface area contributed by atoms with Crippen molar-refractivity contribution in [1.82, 2.24) is 4.98 Å². The summed E-state index contributed by atoms with van der Waals surface area (Å²) in [6, 6.07) is 10.9. The van der Waals surface area contributed by atoms with Gasteiger partial charge in [-0.2, -0.15) is 0 Å². The predicted molar refractivity (Wildman–Crippen MR) is 70.7 cm³/mol. The molecule has 2 aromatic rings. The van der Waals surface area contributed by atoms with Gasteiger partial charge in [-0.3, -0.25) is 5.41 Å². The Morgan fingerprint density at radius 3 is 2.41 bits per heavy atom. The number of amidine groups is 1. The molecule has 1 heterocycles. The van der Waals surface area contributed by atoms with Crippen molar-refractivity contribution in [2.45, 2.75) is 0 Å². The van der Waals surface area contributed by atoms with E-state index in [1.165, 1.54) is 6.07 Å². The number of hydrogen-bond donors (Lipinski definition) is 2. The summed E-state index contributed by atoms with van der Waals surface area (Å²) in [5, 5.41) is 8.08. The summed E-state index contributed by atoms with van der Waals surface area (Å²) in [5.41, 5.74) is 7.08. The van der Waals surface area contributed by atoms with Gasteiger partial charge in [-0.25, -0.2) is 4.98 Å². The lowest BCUT2D eigenvalue weighted by atomic mass is 10.1. The maximum Gasteiger partial charge on any atom is 0.141 e. The monoisotopic (exact) mass is 265 g/mol. The molecule has 2 rings (SSSR count). The normalized spacial score (nSPS) is 10.2. The Morgan fingerprint density at radius 1 is 1.18 bits per heavy atom. The first-order chi connectivity index (χ1) is 8.09. The largest absolute Gasteiger partial charge is 0.382 e. The van der Waals surface area contributed by atoms with Gasteiger partial charge in [-0.05, 0) is 6.07 Å². The number of nitrogens with one attached hydrogen (secondary N) is 1. The van der Waals surface area contributed by atoms with E-state index in [1.807, 2.05) is 30.3 Å². The first-order valence-corrected chi connectivity index (χ1v) is 5.61. The molecule has 0 fully saturated rings. The molecule has 0 saturated heterocycles. The summed E-state index contributed by atoms with van der Waals surface area (Å²) < 4.78 is 0. The number of hydrogen-bond acceptors (Lipinski definition) is 2. The van der Waals surface area contributed by atoms with Crippen molar-refractivity contribution in [3.05, 3.63) is 52.1 Å². The minimum Gasteiger partial charge on any atom is -0.382 e.